The van der Waals surface area contributed by atoms with Crippen molar-refractivity contribution < 1.29 is 36.8 Å². The van der Waals surface area contributed by atoms with Crippen LogP contribution in [0.2, 0.25) is 0 Å². The first-order valence-electron chi connectivity index (χ1n) is 8.22. The van der Waals surface area contributed by atoms with Gasteiger partial charge in [0.2, 0.25) is 0 Å². The molecule has 0 atom stereocenters. The number of fused-ring (bicyclic) bond motifs is 1. The molecule has 0 unspecified atom stereocenters. The zero-order valence-electron chi connectivity index (χ0n) is 14.4. The highest BCUT2D eigenvalue weighted by Gasteiger charge is 2.15. The van der Waals surface area contributed by atoms with Crippen molar-refractivity contribution in [2.45, 2.75) is 4.90 Å². The van der Waals surface area contributed by atoms with Crippen molar-refractivity contribution in [3.63, 3.8) is 0 Å². The van der Waals surface area contributed by atoms with Crippen molar-refractivity contribution >= 4 is 19.7 Å². The van der Waals surface area contributed by atoms with E-state index in [0.717, 1.165) is 0 Å². The predicted octanol–water partition coefficient (Wildman–Crippen LogP) is 1.45. The molecule has 26 heavy (non-hydrogen) atoms. The summed E-state index contributed by atoms with van der Waals surface area (Å²) in [4.78, 5) is -0.0635. The van der Waals surface area contributed by atoms with Gasteiger partial charge in [-0.2, -0.15) is 0 Å². The van der Waals surface area contributed by atoms with Crippen molar-refractivity contribution in [1.29, 1.82) is 0 Å². The Kier molecular flexibility index (Phi) is 9.44. The lowest BCUT2D eigenvalue weighted by molar-refractivity contribution is -0.00843. The lowest BCUT2D eigenvalue weighted by Gasteiger charge is -2.14. The summed E-state index contributed by atoms with van der Waals surface area (Å²) in [6, 6.07) is 4.19. The maximum atomic E-state index is 11.5. The molecule has 1 aliphatic rings. The molecule has 1 aromatic rings. The standard InChI is InChI=1S/C16H23ClO8S/c17-26(18,19)14-1-2-15-16(13-14)25-12-10-23-8-6-21-4-3-20-5-7-22-9-11-24-15/h1-2,13H,3-12H2. The average Bonchev–Trinajstić information content (AvgIpc) is 2.60. The number of ether oxygens (including phenoxy) is 6. The van der Waals surface area contributed by atoms with Gasteiger partial charge in [0.25, 0.3) is 9.05 Å². The normalized spacial score (nSPS) is 19.3. The third-order valence-corrected chi connectivity index (χ3v) is 4.63. The molecule has 0 aliphatic carbocycles. The number of hydrogen-bond acceptors (Lipinski definition) is 8. The molecule has 0 N–H and O–H groups in total. The molecule has 0 bridgehead atoms. The van der Waals surface area contributed by atoms with Crippen LogP contribution in [-0.2, 0) is 28.0 Å². The molecule has 148 valence electrons. The van der Waals surface area contributed by atoms with Gasteiger partial charge in [0.05, 0.1) is 57.8 Å². The molecule has 1 heterocycles. The van der Waals surface area contributed by atoms with Gasteiger partial charge in [-0.1, -0.05) is 0 Å². The molecule has 0 amide bonds. The van der Waals surface area contributed by atoms with Crippen molar-refractivity contribution in [3.8, 4) is 11.5 Å². The summed E-state index contributed by atoms with van der Waals surface area (Å²) in [5, 5.41) is 0. The van der Waals surface area contributed by atoms with E-state index >= 15 is 0 Å². The van der Waals surface area contributed by atoms with Crippen LogP contribution in [0.25, 0.3) is 0 Å². The smallest absolute Gasteiger partial charge is 0.261 e. The first kappa shape index (κ1) is 21.2. The molecule has 0 saturated heterocycles. The molecule has 0 spiro atoms. The summed E-state index contributed by atoms with van der Waals surface area (Å²) >= 11 is 0. The minimum absolute atomic E-state index is 0.0635. The first-order chi connectivity index (χ1) is 12.6. The molecular weight excluding hydrogens is 388 g/mol. The van der Waals surface area contributed by atoms with Crippen LogP contribution in [-0.4, -0.2) is 74.5 Å². The second-order valence-electron chi connectivity index (χ2n) is 5.19. The lowest BCUT2D eigenvalue weighted by Crippen LogP contribution is -2.16. The highest BCUT2D eigenvalue weighted by atomic mass is 35.7. The van der Waals surface area contributed by atoms with Crippen molar-refractivity contribution in [2.75, 3.05) is 66.1 Å². The van der Waals surface area contributed by atoms with E-state index in [1.165, 1.54) is 18.2 Å². The molecule has 0 saturated carbocycles. The number of hydrogen-bond donors (Lipinski definition) is 0. The van der Waals surface area contributed by atoms with Gasteiger partial charge in [0.1, 0.15) is 13.2 Å². The van der Waals surface area contributed by atoms with E-state index in [2.05, 4.69) is 0 Å². The molecule has 8 nitrogen and oxygen atoms in total. The minimum Gasteiger partial charge on any atom is -0.487 e. The largest absolute Gasteiger partial charge is 0.487 e. The van der Waals surface area contributed by atoms with Gasteiger partial charge in [-0.05, 0) is 12.1 Å². The van der Waals surface area contributed by atoms with Gasteiger partial charge in [-0.15, -0.1) is 0 Å². The van der Waals surface area contributed by atoms with E-state index in [9.17, 15) is 8.42 Å². The zero-order valence-corrected chi connectivity index (χ0v) is 15.9. The summed E-state index contributed by atoms with van der Waals surface area (Å²) in [5.74, 6) is 0.675. The first-order valence-corrected chi connectivity index (χ1v) is 10.5. The van der Waals surface area contributed by atoms with E-state index in [4.69, 9.17) is 39.1 Å². The van der Waals surface area contributed by atoms with Crippen molar-refractivity contribution in [3.05, 3.63) is 18.2 Å². The second kappa shape index (κ2) is 11.6. The maximum absolute atomic E-state index is 11.5. The van der Waals surface area contributed by atoms with E-state index in [1.807, 2.05) is 0 Å². The van der Waals surface area contributed by atoms with Gasteiger partial charge in [0, 0.05) is 16.7 Å². The SMILES string of the molecule is O=S(=O)(Cl)c1ccc2c(c1)OCCOCCOCCOCCOCCO2. The van der Waals surface area contributed by atoms with Crippen LogP contribution in [0.15, 0.2) is 23.1 Å². The van der Waals surface area contributed by atoms with Crippen LogP contribution in [0.4, 0.5) is 0 Å². The topological polar surface area (TPSA) is 89.5 Å². The van der Waals surface area contributed by atoms with Gasteiger partial charge >= 0.3 is 0 Å². The van der Waals surface area contributed by atoms with E-state index < -0.39 is 9.05 Å². The van der Waals surface area contributed by atoms with Crippen LogP contribution in [0, 0.1) is 0 Å². The van der Waals surface area contributed by atoms with Gasteiger partial charge in [0.15, 0.2) is 11.5 Å². The summed E-state index contributed by atoms with van der Waals surface area (Å²) in [6.07, 6.45) is 0. The van der Waals surface area contributed by atoms with E-state index in [-0.39, 0.29) is 23.9 Å². The number of rotatable bonds is 1. The van der Waals surface area contributed by atoms with Gasteiger partial charge in [-0.25, -0.2) is 8.42 Å². The molecule has 0 fully saturated rings. The molecule has 10 heteroatoms. The zero-order chi connectivity index (χ0) is 18.7. The second-order valence-corrected chi connectivity index (χ2v) is 7.76. The van der Waals surface area contributed by atoms with Crippen LogP contribution in [0.3, 0.4) is 0 Å². The molecular formula is C16H23ClO8S. The fourth-order valence-corrected chi connectivity index (χ4v) is 2.82. The predicted molar refractivity (Wildman–Crippen MR) is 93.7 cm³/mol. The fourth-order valence-electron chi connectivity index (χ4n) is 2.05. The molecule has 1 aliphatic heterocycles. The Hall–Kier alpha value is -1.10. The Morgan fingerprint density at radius 2 is 1.08 bits per heavy atom. The Morgan fingerprint density at radius 1 is 0.654 bits per heavy atom. The van der Waals surface area contributed by atoms with Gasteiger partial charge in [-0.3, -0.25) is 0 Å². The molecule has 2 rings (SSSR count). The van der Waals surface area contributed by atoms with Crippen molar-refractivity contribution in [2.24, 2.45) is 0 Å². The van der Waals surface area contributed by atoms with Crippen LogP contribution in [0.1, 0.15) is 0 Å². The monoisotopic (exact) mass is 410 g/mol. The quantitative estimate of drug-likeness (QED) is 0.643. The lowest BCUT2D eigenvalue weighted by atomic mass is 10.3. The summed E-state index contributed by atoms with van der Waals surface area (Å²) in [6.45, 7) is 3.97. The number of halogens is 1. The molecule has 1 aromatic carbocycles. The minimum atomic E-state index is -3.86. The Bertz CT molecular complexity index is 637. The fraction of sp³-hybridized carbons (Fsp3) is 0.625. The van der Waals surface area contributed by atoms with E-state index in [1.54, 1.807) is 0 Å². The van der Waals surface area contributed by atoms with Crippen LogP contribution >= 0.6 is 10.7 Å². The van der Waals surface area contributed by atoms with Gasteiger partial charge < -0.3 is 28.4 Å². The molecule has 0 aromatic heterocycles. The summed E-state index contributed by atoms with van der Waals surface area (Å²) in [7, 11) is 1.52. The summed E-state index contributed by atoms with van der Waals surface area (Å²) in [5.41, 5.74) is 0. The Labute approximate surface area is 157 Å². The number of benzene rings is 1. The Balaban J connectivity index is 1.99. The molecule has 0 radical (unpaired) electrons. The Morgan fingerprint density at radius 3 is 1.54 bits per heavy atom. The van der Waals surface area contributed by atoms with Crippen LogP contribution in [0.5, 0.6) is 11.5 Å². The third kappa shape index (κ3) is 8.07. The summed E-state index contributed by atoms with van der Waals surface area (Å²) < 4.78 is 55.7. The average molecular weight is 411 g/mol. The third-order valence-electron chi connectivity index (χ3n) is 3.28. The van der Waals surface area contributed by atoms with Crippen molar-refractivity contribution in [1.82, 2.24) is 0 Å². The highest BCUT2D eigenvalue weighted by Crippen LogP contribution is 2.31. The van der Waals surface area contributed by atoms with Crippen LogP contribution < -0.4 is 9.47 Å². The maximum Gasteiger partial charge on any atom is 0.261 e. The van der Waals surface area contributed by atoms with E-state index in [0.29, 0.717) is 58.6 Å². The highest BCUT2D eigenvalue weighted by molar-refractivity contribution is 8.13.